The van der Waals surface area contributed by atoms with Gasteiger partial charge in [-0.15, -0.1) is 11.3 Å². The van der Waals surface area contributed by atoms with Gasteiger partial charge in [0.1, 0.15) is 10.3 Å². The highest BCUT2D eigenvalue weighted by Crippen LogP contribution is 2.34. The summed E-state index contributed by atoms with van der Waals surface area (Å²) in [6.45, 7) is 5.71. The maximum Gasteiger partial charge on any atom is 0.339 e. The summed E-state index contributed by atoms with van der Waals surface area (Å²) in [6.07, 6.45) is 1.27. The average Bonchev–Trinajstić information content (AvgIpc) is 2.90. The number of hydrogen-bond acceptors (Lipinski definition) is 6. The van der Waals surface area contributed by atoms with Crippen LogP contribution in [-0.2, 0) is 25.8 Å². The van der Waals surface area contributed by atoms with Crippen LogP contribution in [0.1, 0.15) is 47.5 Å². The second kappa shape index (κ2) is 7.84. The van der Waals surface area contributed by atoms with Crippen LogP contribution in [0.4, 0.5) is 5.00 Å². The second-order valence-corrected chi connectivity index (χ2v) is 9.81. The van der Waals surface area contributed by atoms with E-state index in [4.69, 9.17) is 4.74 Å². The maximum atomic E-state index is 12.6. The van der Waals surface area contributed by atoms with Crippen LogP contribution in [0.3, 0.4) is 0 Å². The molecule has 1 amide bonds. The Morgan fingerprint density at radius 1 is 1.36 bits per heavy atom. The van der Waals surface area contributed by atoms with Crippen molar-refractivity contribution in [3.05, 3.63) is 16.0 Å². The van der Waals surface area contributed by atoms with Crippen molar-refractivity contribution < 1.29 is 27.9 Å². The first-order valence-corrected chi connectivity index (χ1v) is 10.6. The van der Waals surface area contributed by atoms with Crippen LogP contribution in [0.5, 0.6) is 0 Å². The number of thiophene rings is 1. The second-order valence-electron chi connectivity index (χ2n) is 6.03. The van der Waals surface area contributed by atoms with E-state index in [0.717, 1.165) is 16.2 Å². The molecule has 25 heavy (non-hydrogen) atoms. The molecule has 0 radical (unpaired) electrons. The molecule has 0 bridgehead atoms. The Morgan fingerprint density at radius 3 is 2.48 bits per heavy atom. The number of aromatic carboxylic acids is 1. The van der Waals surface area contributed by atoms with Crippen LogP contribution in [0.15, 0.2) is 0 Å². The molecule has 1 aliphatic rings. The smallest absolute Gasteiger partial charge is 0.339 e. The van der Waals surface area contributed by atoms with Crippen molar-refractivity contribution in [1.29, 1.82) is 0 Å². The number of aryl methyl sites for hydroxylation is 1. The van der Waals surface area contributed by atoms with Gasteiger partial charge in [-0.1, -0.05) is 6.92 Å². The Bertz CT molecular complexity index is 762. The summed E-state index contributed by atoms with van der Waals surface area (Å²) >= 11 is 1.16. The van der Waals surface area contributed by atoms with Gasteiger partial charge in [0.25, 0.3) is 0 Å². The molecule has 1 saturated heterocycles. The minimum atomic E-state index is -3.66. The lowest BCUT2D eigenvalue weighted by molar-refractivity contribution is -0.115. The zero-order valence-corrected chi connectivity index (χ0v) is 16.1. The highest BCUT2D eigenvalue weighted by Gasteiger charge is 2.37. The van der Waals surface area contributed by atoms with Crippen LogP contribution in [0.2, 0.25) is 0 Å². The summed E-state index contributed by atoms with van der Waals surface area (Å²) in [7, 11) is -3.66. The highest BCUT2D eigenvalue weighted by atomic mass is 32.2. The number of carboxylic acids is 1. The number of hydrogen-bond donors (Lipinski definition) is 2. The molecule has 0 aromatic carbocycles. The van der Waals surface area contributed by atoms with Gasteiger partial charge in [0, 0.05) is 18.1 Å². The predicted octanol–water partition coefficient (Wildman–Crippen LogP) is 2.24. The van der Waals surface area contributed by atoms with Crippen LogP contribution >= 0.6 is 11.3 Å². The van der Waals surface area contributed by atoms with Gasteiger partial charge < -0.3 is 15.2 Å². The van der Waals surface area contributed by atoms with Crippen LogP contribution in [0.25, 0.3) is 0 Å². The largest absolute Gasteiger partial charge is 0.478 e. The number of anilines is 1. The fraction of sp³-hybridized carbons (Fsp3) is 0.625. The summed E-state index contributed by atoms with van der Waals surface area (Å²) in [5, 5.41) is 10.3. The Labute approximate surface area is 151 Å². The minimum absolute atomic E-state index is 0.0500. The molecule has 2 rings (SSSR count). The lowest BCUT2D eigenvalue weighted by Gasteiger charge is -2.24. The average molecular weight is 389 g/mol. The quantitative estimate of drug-likeness (QED) is 0.772. The SMILES string of the molecule is CCc1c(C)sc(NC(=O)C(C)S(=O)(=O)C2CCOCC2)c1C(=O)O. The van der Waals surface area contributed by atoms with Crippen LogP contribution < -0.4 is 5.32 Å². The van der Waals surface area contributed by atoms with E-state index < -0.39 is 32.2 Å². The number of nitrogens with one attached hydrogen (secondary N) is 1. The monoisotopic (exact) mass is 389 g/mol. The molecular formula is C16H23NO6S2. The summed E-state index contributed by atoms with van der Waals surface area (Å²) in [6, 6.07) is 0. The molecule has 1 unspecified atom stereocenters. The summed E-state index contributed by atoms with van der Waals surface area (Å²) < 4.78 is 30.4. The zero-order valence-electron chi connectivity index (χ0n) is 14.5. The first-order chi connectivity index (χ1) is 11.7. The summed E-state index contributed by atoms with van der Waals surface area (Å²) in [4.78, 5) is 24.8. The fourth-order valence-corrected chi connectivity index (χ4v) is 5.90. The summed E-state index contributed by atoms with van der Waals surface area (Å²) in [5.41, 5.74) is 0.710. The summed E-state index contributed by atoms with van der Waals surface area (Å²) in [5.74, 6) is -1.82. The number of carboxylic acid groups (broad SMARTS) is 1. The first kappa shape index (κ1) is 19.9. The van der Waals surface area contributed by atoms with E-state index in [1.165, 1.54) is 6.92 Å². The van der Waals surface area contributed by atoms with Gasteiger partial charge in [-0.05, 0) is 38.7 Å². The third-order valence-corrected chi connectivity index (χ3v) is 8.17. The molecule has 140 valence electrons. The van der Waals surface area contributed by atoms with E-state index in [1.54, 1.807) is 6.92 Å². The Balaban J connectivity index is 2.23. The van der Waals surface area contributed by atoms with Crippen molar-refractivity contribution in [2.24, 2.45) is 0 Å². The Hall–Kier alpha value is -1.45. The third kappa shape index (κ3) is 4.04. The normalized spacial score (nSPS) is 17.2. The number of ether oxygens (including phenoxy) is 1. The van der Waals surface area contributed by atoms with E-state index in [1.807, 2.05) is 6.92 Å². The number of carbonyl (C=O) groups excluding carboxylic acids is 1. The van der Waals surface area contributed by atoms with Gasteiger partial charge in [-0.3, -0.25) is 4.79 Å². The lowest BCUT2D eigenvalue weighted by Crippen LogP contribution is -2.41. The molecule has 2 N–H and O–H groups in total. The molecule has 0 spiro atoms. The van der Waals surface area contributed by atoms with Gasteiger partial charge >= 0.3 is 5.97 Å². The number of carbonyl (C=O) groups is 2. The molecule has 0 aliphatic carbocycles. The standard InChI is InChI=1S/C16H23NO6S2/c1-4-12-9(2)24-15(13(12)16(19)20)17-14(18)10(3)25(21,22)11-5-7-23-8-6-11/h10-11H,4-8H2,1-3H3,(H,17,18)(H,19,20). The van der Waals surface area contributed by atoms with Gasteiger partial charge in [-0.2, -0.15) is 0 Å². The number of sulfone groups is 1. The molecule has 1 aromatic rings. The van der Waals surface area contributed by atoms with Gasteiger partial charge in [-0.25, -0.2) is 13.2 Å². The van der Waals surface area contributed by atoms with Crippen LogP contribution in [-0.4, -0.2) is 49.1 Å². The van der Waals surface area contributed by atoms with E-state index in [-0.39, 0.29) is 10.6 Å². The van der Waals surface area contributed by atoms with Gasteiger partial charge in [0.05, 0.1) is 10.8 Å². The first-order valence-electron chi connectivity index (χ1n) is 8.17. The van der Waals surface area contributed by atoms with Gasteiger partial charge in [0.15, 0.2) is 9.84 Å². The highest BCUT2D eigenvalue weighted by molar-refractivity contribution is 7.93. The fourth-order valence-electron chi connectivity index (χ4n) is 2.97. The van der Waals surface area contributed by atoms with E-state index in [0.29, 0.717) is 38.0 Å². The van der Waals surface area contributed by atoms with E-state index in [2.05, 4.69) is 5.32 Å². The minimum Gasteiger partial charge on any atom is -0.478 e. The topological polar surface area (TPSA) is 110 Å². The maximum absolute atomic E-state index is 12.6. The molecular weight excluding hydrogens is 366 g/mol. The van der Waals surface area contributed by atoms with Crippen molar-refractivity contribution in [2.45, 2.75) is 50.5 Å². The Kier molecular flexibility index (Phi) is 6.23. The third-order valence-electron chi connectivity index (χ3n) is 4.51. The number of rotatable bonds is 6. The Morgan fingerprint density at radius 2 is 1.96 bits per heavy atom. The molecule has 1 atom stereocenters. The van der Waals surface area contributed by atoms with Gasteiger partial charge in [0.2, 0.25) is 5.91 Å². The van der Waals surface area contributed by atoms with Crippen molar-refractivity contribution >= 4 is 38.1 Å². The van der Waals surface area contributed by atoms with Crippen molar-refractivity contribution in [2.75, 3.05) is 18.5 Å². The number of amides is 1. The molecule has 1 aromatic heterocycles. The van der Waals surface area contributed by atoms with Crippen molar-refractivity contribution in [3.63, 3.8) is 0 Å². The molecule has 9 heteroatoms. The molecule has 7 nitrogen and oxygen atoms in total. The van der Waals surface area contributed by atoms with E-state index >= 15 is 0 Å². The molecule has 0 saturated carbocycles. The van der Waals surface area contributed by atoms with E-state index in [9.17, 15) is 23.1 Å². The van der Waals surface area contributed by atoms with Crippen LogP contribution in [0, 0.1) is 6.92 Å². The van der Waals surface area contributed by atoms with Crippen molar-refractivity contribution in [1.82, 2.24) is 0 Å². The molecule has 2 heterocycles. The van der Waals surface area contributed by atoms with Crippen molar-refractivity contribution in [3.8, 4) is 0 Å². The lowest BCUT2D eigenvalue weighted by atomic mass is 10.1. The molecule has 1 aliphatic heterocycles. The predicted molar refractivity (Wildman–Crippen MR) is 96.2 cm³/mol. The molecule has 1 fully saturated rings. The zero-order chi connectivity index (χ0) is 18.8.